The van der Waals surface area contributed by atoms with Crippen LogP contribution in [0.1, 0.15) is 11.1 Å². The Kier molecular flexibility index (Phi) is 5.46. The summed E-state index contributed by atoms with van der Waals surface area (Å²) in [6.45, 7) is 7.29. The number of aryl methyl sites for hydroxylation is 1. The molecular weight excluding hydrogens is 314 g/mol. The number of rotatable bonds is 5. The molecule has 1 saturated heterocycles. The zero-order valence-corrected chi connectivity index (χ0v) is 14.5. The van der Waals surface area contributed by atoms with E-state index in [4.69, 9.17) is 0 Å². The number of quaternary nitrogens is 1. The molecule has 1 aliphatic rings. The average Bonchev–Trinajstić information content (AvgIpc) is 2.63. The number of nitro groups is 1. The standard InChI is InChI=1S/C20H23N3O2/c1-17-7-2-4-10-19(17)22-15-13-21(14-16-22)12-6-9-18-8-3-5-11-20(18)23(24)25/h2-11H,12-16H2,1H3/p+1/b9-6+. The fraction of sp³-hybridized carbons (Fsp3) is 0.300. The average molecular weight is 338 g/mol. The van der Waals surface area contributed by atoms with Gasteiger partial charge >= 0.3 is 0 Å². The Hall–Kier alpha value is -2.66. The summed E-state index contributed by atoms with van der Waals surface area (Å²) in [5.74, 6) is 0. The fourth-order valence-electron chi connectivity index (χ4n) is 3.33. The van der Waals surface area contributed by atoms with E-state index in [0.717, 1.165) is 32.7 Å². The molecule has 2 aromatic carbocycles. The third kappa shape index (κ3) is 4.25. The molecule has 25 heavy (non-hydrogen) atoms. The van der Waals surface area contributed by atoms with Gasteiger partial charge in [0, 0.05) is 11.8 Å². The van der Waals surface area contributed by atoms with Crippen molar-refractivity contribution in [2.45, 2.75) is 6.92 Å². The molecular formula is C20H24N3O2+. The van der Waals surface area contributed by atoms with Crippen molar-refractivity contribution < 1.29 is 9.82 Å². The molecule has 0 radical (unpaired) electrons. The molecule has 1 N–H and O–H groups in total. The first kappa shape index (κ1) is 17.2. The highest BCUT2D eigenvalue weighted by atomic mass is 16.6. The quantitative estimate of drug-likeness (QED) is 0.672. The van der Waals surface area contributed by atoms with Gasteiger partial charge in [-0.15, -0.1) is 0 Å². The van der Waals surface area contributed by atoms with Gasteiger partial charge in [-0.05, 0) is 36.8 Å². The fourth-order valence-corrected chi connectivity index (χ4v) is 3.33. The summed E-state index contributed by atoms with van der Waals surface area (Å²) >= 11 is 0. The van der Waals surface area contributed by atoms with Crippen molar-refractivity contribution >= 4 is 17.5 Å². The summed E-state index contributed by atoms with van der Waals surface area (Å²) in [6.07, 6.45) is 3.93. The number of anilines is 1. The van der Waals surface area contributed by atoms with Crippen molar-refractivity contribution in [1.29, 1.82) is 0 Å². The summed E-state index contributed by atoms with van der Waals surface area (Å²) in [4.78, 5) is 14.7. The van der Waals surface area contributed by atoms with E-state index >= 15 is 0 Å². The topological polar surface area (TPSA) is 50.8 Å². The number of nitrogens with zero attached hydrogens (tertiary/aromatic N) is 2. The van der Waals surface area contributed by atoms with Gasteiger partial charge in [-0.1, -0.05) is 30.3 Å². The van der Waals surface area contributed by atoms with E-state index in [2.05, 4.69) is 42.2 Å². The third-order valence-corrected chi connectivity index (χ3v) is 4.76. The lowest BCUT2D eigenvalue weighted by molar-refractivity contribution is -0.894. The molecule has 1 heterocycles. The molecule has 1 aliphatic heterocycles. The highest BCUT2D eigenvalue weighted by molar-refractivity contribution is 5.60. The lowest BCUT2D eigenvalue weighted by atomic mass is 10.1. The molecule has 2 aromatic rings. The van der Waals surface area contributed by atoms with E-state index in [1.54, 1.807) is 18.2 Å². The van der Waals surface area contributed by atoms with Crippen LogP contribution in [0.5, 0.6) is 0 Å². The van der Waals surface area contributed by atoms with E-state index in [-0.39, 0.29) is 10.6 Å². The van der Waals surface area contributed by atoms with Gasteiger partial charge in [-0.2, -0.15) is 0 Å². The highest BCUT2D eigenvalue weighted by Gasteiger charge is 2.20. The van der Waals surface area contributed by atoms with E-state index in [9.17, 15) is 10.1 Å². The van der Waals surface area contributed by atoms with Gasteiger partial charge in [0.05, 0.1) is 43.2 Å². The predicted molar refractivity (Wildman–Crippen MR) is 101 cm³/mol. The summed E-state index contributed by atoms with van der Waals surface area (Å²) in [6, 6.07) is 15.4. The Bertz CT molecular complexity index is 765. The monoisotopic (exact) mass is 338 g/mol. The predicted octanol–water partition coefficient (Wildman–Crippen LogP) is 2.32. The molecule has 0 bridgehead atoms. The third-order valence-electron chi connectivity index (χ3n) is 4.76. The first-order valence-electron chi connectivity index (χ1n) is 8.69. The molecule has 0 amide bonds. The van der Waals surface area contributed by atoms with Crippen LogP contribution >= 0.6 is 0 Å². The summed E-state index contributed by atoms with van der Waals surface area (Å²) in [5, 5.41) is 11.0. The summed E-state index contributed by atoms with van der Waals surface area (Å²) in [7, 11) is 0. The number of hydrogen-bond acceptors (Lipinski definition) is 3. The molecule has 5 nitrogen and oxygen atoms in total. The van der Waals surface area contributed by atoms with Gasteiger partial charge in [0.1, 0.15) is 0 Å². The molecule has 0 unspecified atom stereocenters. The van der Waals surface area contributed by atoms with Crippen LogP contribution in [0.4, 0.5) is 11.4 Å². The highest BCUT2D eigenvalue weighted by Crippen LogP contribution is 2.19. The number of hydrogen-bond donors (Lipinski definition) is 1. The van der Waals surface area contributed by atoms with Crippen LogP contribution < -0.4 is 9.80 Å². The maximum atomic E-state index is 11.0. The van der Waals surface area contributed by atoms with Gasteiger partial charge < -0.3 is 9.80 Å². The van der Waals surface area contributed by atoms with Crippen molar-refractivity contribution in [2.75, 3.05) is 37.6 Å². The van der Waals surface area contributed by atoms with Crippen LogP contribution in [-0.4, -0.2) is 37.6 Å². The van der Waals surface area contributed by atoms with Gasteiger partial charge in [0.15, 0.2) is 0 Å². The van der Waals surface area contributed by atoms with E-state index < -0.39 is 0 Å². The number of para-hydroxylation sites is 2. The van der Waals surface area contributed by atoms with Crippen molar-refractivity contribution in [3.05, 3.63) is 75.8 Å². The second-order valence-electron chi connectivity index (χ2n) is 6.45. The van der Waals surface area contributed by atoms with Gasteiger partial charge in [-0.25, -0.2) is 0 Å². The molecule has 130 valence electrons. The molecule has 0 spiro atoms. The van der Waals surface area contributed by atoms with E-state index in [1.165, 1.54) is 16.2 Å². The van der Waals surface area contributed by atoms with Gasteiger partial charge in [0.25, 0.3) is 5.69 Å². The smallest absolute Gasteiger partial charge is 0.276 e. The van der Waals surface area contributed by atoms with E-state index in [0.29, 0.717) is 5.56 Å². The van der Waals surface area contributed by atoms with Crippen molar-refractivity contribution in [3.8, 4) is 0 Å². The Morgan fingerprint density at radius 1 is 1.12 bits per heavy atom. The molecule has 5 heteroatoms. The van der Waals surface area contributed by atoms with Gasteiger partial charge in [-0.3, -0.25) is 10.1 Å². The maximum Gasteiger partial charge on any atom is 0.276 e. The van der Waals surface area contributed by atoms with Crippen LogP contribution in [0.3, 0.4) is 0 Å². The van der Waals surface area contributed by atoms with Crippen LogP contribution in [0.2, 0.25) is 0 Å². The van der Waals surface area contributed by atoms with Crippen molar-refractivity contribution in [1.82, 2.24) is 0 Å². The number of nitrogens with one attached hydrogen (secondary N) is 1. The molecule has 3 rings (SSSR count). The van der Waals surface area contributed by atoms with Crippen LogP contribution in [0.15, 0.2) is 54.6 Å². The number of piperazine rings is 1. The lowest BCUT2D eigenvalue weighted by Crippen LogP contribution is -3.14. The minimum Gasteiger partial charge on any atom is -0.360 e. The Balaban J connectivity index is 1.55. The number of benzene rings is 2. The normalized spacial score (nSPS) is 15.6. The molecule has 0 aromatic heterocycles. The molecule has 0 aliphatic carbocycles. The zero-order chi connectivity index (χ0) is 17.6. The van der Waals surface area contributed by atoms with Gasteiger partial charge in [0.2, 0.25) is 0 Å². The SMILES string of the molecule is Cc1ccccc1N1CC[NH+](C/C=C/c2ccccc2[N+](=O)[O-])CC1. The second kappa shape index (κ2) is 7.94. The van der Waals surface area contributed by atoms with Crippen molar-refractivity contribution in [3.63, 3.8) is 0 Å². The minimum atomic E-state index is -0.326. The lowest BCUT2D eigenvalue weighted by Gasteiger charge is -2.34. The summed E-state index contributed by atoms with van der Waals surface area (Å²) < 4.78 is 0. The van der Waals surface area contributed by atoms with Crippen LogP contribution in [-0.2, 0) is 0 Å². The largest absolute Gasteiger partial charge is 0.360 e. The zero-order valence-electron chi connectivity index (χ0n) is 14.5. The minimum absolute atomic E-state index is 0.165. The first-order chi connectivity index (χ1) is 12.1. The Morgan fingerprint density at radius 3 is 2.52 bits per heavy atom. The number of nitro benzene ring substituents is 1. The van der Waals surface area contributed by atoms with Crippen LogP contribution in [0.25, 0.3) is 6.08 Å². The van der Waals surface area contributed by atoms with Crippen molar-refractivity contribution in [2.24, 2.45) is 0 Å². The van der Waals surface area contributed by atoms with E-state index in [1.807, 2.05) is 12.1 Å². The summed E-state index contributed by atoms with van der Waals surface area (Å²) in [5.41, 5.74) is 3.49. The molecule has 0 saturated carbocycles. The second-order valence-corrected chi connectivity index (χ2v) is 6.45. The molecule has 1 fully saturated rings. The molecule has 0 atom stereocenters. The Labute approximate surface area is 148 Å². The van der Waals surface area contributed by atoms with Crippen LogP contribution in [0, 0.1) is 17.0 Å². The first-order valence-corrected chi connectivity index (χ1v) is 8.69. The maximum absolute atomic E-state index is 11.0. The Morgan fingerprint density at radius 2 is 1.80 bits per heavy atom.